The number of aliphatic hydroxyl groups excluding tert-OH is 1. The van der Waals surface area contributed by atoms with Crippen molar-refractivity contribution in [1.29, 1.82) is 0 Å². The molecule has 0 fully saturated rings. The van der Waals surface area contributed by atoms with Crippen LogP contribution in [0.15, 0.2) is 46.3 Å². The fourth-order valence-electron chi connectivity index (χ4n) is 1.99. The monoisotopic (exact) mass is 339 g/mol. The Balaban J connectivity index is 1.83. The quantitative estimate of drug-likeness (QED) is 0.857. The lowest BCUT2D eigenvalue weighted by Crippen LogP contribution is -2.20. The average Bonchev–Trinajstić information content (AvgIpc) is 2.89. The molecule has 0 aliphatic carbocycles. The van der Waals surface area contributed by atoms with Crippen LogP contribution < -0.4 is 0 Å². The van der Waals surface area contributed by atoms with E-state index < -0.39 is 6.10 Å². The minimum atomic E-state index is -0.415. The van der Waals surface area contributed by atoms with Crippen molar-refractivity contribution in [1.82, 2.24) is 4.90 Å². The zero-order valence-corrected chi connectivity index (χ0v) is 13.3. The van der Waals surface area contributed by atoms with Gasteiger partial charge in [-0.3, -0.25) is 0 Å². The Hall–Kier alpha value is -0.680. The fourth-order valence-corrected chi connectivity index (χ4v) is 3.32. The molecule has 0 aliphatic heterocycles. The Morgan fingerprint density at radius 1 is 1.26 bits per heavy atom. The first-order valence-electron chi connectivity index (χ1n) is 6.30. The molecule has 1 N–H and O–H groups in total. The number of nitrogens with zero attached hydrogens (tertiary/aromatic N) is 1. The summed E-state index contributed by atoms with van der Waals surface area (Å²) in [7, 11) is 2.09. The van der Waals surface area contributed by atoms with Gasteiger partial charge in [-0.1, -0.05) is 40.2 Å². The van der Waals surface area contributed by atoms with Crippen LogP contribution in [0.2, 0.25) is 0 Å². The SMILES string of the molecule is CN(CCC(O)c1ccccc1Br)Cc1cccs1. The van der Waals surface area contributed by atoms with Gasteiger partial charge in [0.2, 0.25) is 0 Å². The molecule has 0 saturated carbocycles. The fraction of sp³-hybridized carbons (Fsp3) is 0.333. The van der Waals surface area contributed by atoms with Gasteiger partial charge in [-0.2, -0.15) is 0 Å². The number of halogens is 1. The summed E-state index contributed by atoms with van der Waals surface area (Å²) in [4.78, 5) is 3.60. The molecule has 1 aromatic carbocycles. The third kappa shape index (κ3) is 4.42. The van der Waals surface area contributed by atoms with Crippen LogP contribution in [0, 0.1) is 0 Å². The van der Waals surface area contributed by atoms with E-state index in [1.807, 2.05) is 24.3 Å². The summed E-state index contributed by atoms with van der Waals surface area (Å²) in [5.41, 5.74) is 0.965. The van der Waals surface area contributed by atoms with Crippen molar-refractivity contribution in [3.8, 4) is 0 Å². The standard InChI is InChI=1S/C15H18BrNOS/c1-17(11-12-5-4-10-19-12)9-8-15(18)13-6-2-3-7-14(13)16/h2-7,10,15,18H,8-9,11H2,1H3. The van der Waals surface area contributed by atoms with Crippen molar-refractivity contribution < 1.29 is 5.11 Å². The molecule has 0 saturated heterocycles. The third-order valence-corrected chi connectivity index (χ3v) is 4.64. The number of aliphatic hydroxyl groups is 1. The molecular formula is C15H18BrNOS. The Kier molecular flexibility index (Phi) is 5.58. The van der Waals surface area contributed by atoms with Crippen molar-refractivity contribution in [3.05, 3.63) is 56.7 Å². The minimum absolute atomic E-state index is 0.415. The second-order valence-corrected chi connectivity index (χ2v) is 6.53. The predicted octanol–water partition coefficient (Wildman–Crippen LogP) is 4.07. The molecule has 19 heavy (non-hydrogen) atoms. The molecule has 2 rings (SSSR count). The zero-order valence-electron chi connectivity index (χ0n) is 10.9. The van der Waals surface area contributed by atoms with Crippen molar-refractivity contribution in [2.24, 2.45) is 0 Å². The number of rotatable bonds is 6. The van der Waals surface area contributed by atoms with Crippen LogP contribution in [0.3, 0.4) is 0 Å². The van der Waals surface area contributed by atoms with Crippen LogP contribution in [-0.2, 0) is 6.54 Å². The first kappa shape index (κ1) is 14.7. The van der Waals surface area contributed by atoms with Crippen LogP contribution in [0.25, 0.3) is 0 Å². The summed E-state index contributed by atoms with van der Waals surface area (Å²) in [5.74, 6) is 0. The van der Waals surface area contributed by atoms with Crippen molar-refractivity contribution in [3.63, 3.8) is 0 Å². The van der Waals surface area contributed by atoms with Gasteiger partial charge in [0.15, 0.2) is 0 Å². The molecule has 0 bridgehead atoms. The second-order valence-electron chi connectivity index (χ2n) is 4.64. The summed E-state index contributed by atoms with van der Waals surface area (Å²) in [6.07, 6.45) is 0.325. The van der Waals surface area contributed by atoms with Gasteiger partial charge in [0.05, 0.1) is 6.10 Å². The number of benzene rings is 1. The Labute approximate surface area is 126 Å². The third-order valence-electron chi connectivity index (χ3n) is 3.05. The summed E-state index contributed by atoms with van der Waals surface area (Å²) in [6, 6.07) is 12.1. The highest BCUT2D eigenvalue weighted by Crippen LogP contribution is 2.25. The maximum Gasteiger partial charge on any atom is 0.0813 e. The lowest BCUT2D eigenvalue weighted by atomic mass is 10.1. The van der Waals surface area contributed by atoms with Gasteiger partial charge in [0.1, 0.15) is 0 Å². The van der Waals surface area contributed by atoms with Crippen LogP contribution in [0.5, 0.6) is 0 Å². The Morgan fingerprint density at radius 3 is 2.74 bits per heavy atom. The first-order chi connectivity index (χ1) is 9.16. The number of hydrogen-bond donors (Lipinski definition) is 1. The minimum Gasteiger partial charge on any atom is -0.388 e. The number of hydrogen-bond acceptors (Lipinski definition) is 3. The Bertz CT molecular complexity index is 501. The smallest absolute Gasteiger partial charge is 0.0813 e. The highest BCUT2D eigenvalue weighted by atomic mass is 79.9. The highest BCUT2D eigenvalue weighted by molar-refractivity contribution is 9.10. The lowest BCUT2D eigenvalue weighted by Gasteiger charge is -2.19. The molecule has 1 aromatic heterocycles. The molecule has 102 valence electrons. The summed E-state index contributed by atoms with van der Waals surface area (Å²) in [6.45, 7) is 1.82. The van der Waals surface area contributed by atoms with E-state index in [1.165, 1.54) is 4.88 Å². The van der Waals surface area contributed by atoms with Crippen molar-refractivity contribution in [2.75, 3.05) is 13.6 Å². The van der Waals surface area contributed by atoms with E-state index in [9.17, 15) is 5.11 Å². The van der Waals surface area contributed by atoms with E-state index in [1.54, 1.807) is 11.3 Å². The molecular weight excluding hydrogens is 322 g/mol. The van der Waals surface area contributed by atoms with Gasteiger partial charge in [-0.25, -0.2) is 0 Å². The van der Waals surface area contributed by atoms with E-state index in [0.29, 0.717) is 0 Å². The van der Waals surface area contributed by atoms with Gasteiger partial charge in [0.25, 0.3) is 0 Å². The molecule has 0 radical (unpaired) electrons. The largest absolute Gasteiger partial charge is 0.388 e. The normalized spacial score (nSPS) is 12.8. The molecule has 4 heteroatoms. The van der Waals surface area contributed by atoms with E-state index in [2.05, 4.69) is 45.4 Å². The maximum atomic E-state index is 10.2. The highest BCUT2D eigenvalue weighted by Gasteiger charge is 2.11. The second kappa shape index (κ2) is 7.20. The molecule has 2 aromatic rings. The van der Waals surface area contributed by atoms with Gasteiger partial charge in [0, 0.05) is 22.4 Å². The average molecular weight is 340 g/mol. The Morgan fingerprint density at radius 2 is 2.05 bits per heavy atom. The van der Waals surface area contributed by atoms with Gasteiger partial charge in [-0.15, -0.1) is 11.3 Å². The van der Waals surface area contributed by atoms with Crippen molar-refractivity contribution in [2.45, 2.75) is 19.1 Å². The van der Waals surface area contributed by atoms with Gasteiger partial charge < -0.3 is 10.0 Å². The van der Waals surface area contributed by atoms with Crippen LogP contribution in [0.4, 0.5) is 0 Å². The molecule has 0 amide bonds. The molecule has 0 spiro atoms. The molecule has 2 nitrogen and oxygen atoms in total. The topological polar surface area (TPSA) is 23.5 Å². The van der Waals surface area contributed by atoms with Crippen LogP contribution in [0.1, 0.15) is 23.0 Å². The zero-order chi connectivity index (χ0) is 13.7. The number of thiophene rings is 1. The molecule has 1 atom stereocenters. The maximum absolute atomic E-state index is 10.2. The van der Waals surface area contributed by atoms with E-state index in [-0.39, 0.29) is 0 Å². The van der Waals surface area contributed by atoms with Gasteiger partial charge >= 0.3 is 0 Å². The van der Waals surface area contributed by atoms with Crippen LogP contribution >= 0.6 is 27.3 Å². The molecule has 1 unspecified atom stereocenters. The summed E-state index contributed by atoms with van der Waals surface area (Å²) in [5, 5.41) is 12.3. The van der Waals surface area contributed by atoms with E-state index in [4.69, 9.17) is 0 Å². The predicted molar refractivity (Wildman–Crippen MR) is 84.4 cm³/mol. The van der Waals surface area contributed by atoms with E-state index in [0.717, 1.165) is 29.5 Å². The summed E-state index contributed by atoms with van der Waals surface area (Å²) < 4.78 is 0.975. The van der Waals surface area contributed by atoms with Gasteiger partial charge in [-0.05, 0) is 36.5 Å². The lowest BCUT2D eigenvalue weighted by molar-refractivity contribution is 0.147. The molecule has 1 heterocycles. The molecule has 0 aliphatic rings. The first-order valence-corrected chi connectivity index (χ1v) is 7.97. The summed E-state index contributed by atoms with van der Waals surface area (Å²) >= 11 is 5.25. The van der Waals surface area contributed by atoms with Crippen LogP contribution in [-0.4, -0.2) is 23.6 Å². The van der Waals surface area contributed by atoms with E-state index >= 15 is 0 Å². The van der Waals surface area contributed by atoms with Crippen molar-refractivity contribution >= 4 is 27.3 Å².